The van der Waals surface area contributed by atoms with Crippen molar-refractivity contribution in [3.63, 3.8) is 0 Å². The number of nitrogens with one attached hydrogen (secondary N) is 1. The average Bonchev–Trinajstić information content (AvgIpc) is 3.26. The van der Waals surface area contributed by atoms with Gasteiger partial charge in [-0.1, -0.05) is 30.3 Å². The fourth-order valence-electron chi connectivity index (χ4n) is 2.76. The second-order valence-corrected chi connectivity index (χ2v) is 6.99. The third-order valence-electron chi connectivity index (χ3n) is 3.91. The maximum Gasteiger partial charge on any atom is 0.341 e. The summed E-state index contributed by atoms with van der Waals surface area (Å²) in [6.45, 7) is 3.70. The van der Waals surface area contributed by atoms with Crippen LogP contribution in [0.5, 0.6) is 0 Å². The number of rotatable bonds is 6. The molecule has 0 unspecified atom stereocenters. The van der Waals surface area contributed by atoms with Crippen molar-refractivity contribution in [2.45, 2.75) is 20.4 Å². The number of aromatic nitrogens is 3. The van der Waals surface area contributed by atoms with Crippen LogP contribution in [0.25, 0.3) is 11.1 Å². The van der Waals surface area contributed by atoms with Crippen LogP contribution in [-0.4, -0.2) is 33.2 Å². The lowest BCUT2D eigenvalue weighted by atomic mass is 10.0. The van der Waals surface area contributed by atoms with E-state index in [4.69, 9.17) is 10.00 Å². The van der Waals surface area contributed by atoms with Gasteiger partial charge in [0.05, 0.1) is 6.61 Å². The molecule has 1 N–H and O–H groups in total. The maximum absolute atomic E-state index is 12.6. The number of thiophene rings is 1. The normalized spacial score (nSPS) is 10.3. The first-order chi connectivity index (χ1) is 13.5. The molecule has 0 bridgehead atoms. The summed E-state index contributed by atoms with van der Waals surface area (Å²) in [4.78, 5) is 26.0. The molecular weight excluding hydrogens is 378 g/mol. The lowest BCUT2D eigenvalue weighted by Gasteiger charge is -2.09. The highest BCUT2D eigenvalue weighted by atomic mass is 32.1. The third-order valence-corrected chi connectivity index (χ3v) is 4.93. The molecule has 0 atom stereocenters. The van der Waals surface area contributed by atoms with Gasteiger partial charge in [-0.25, -0.2) is 4.79 Å². The van der Waals surface area contributed by atoms with E-state index in [0.717, 1.165) is 16.0 Å². The van der Waals surface area contributed by atoms with Crippen molar-refractivity contribution < 1.29 is 14.3 Å². The van der Waals surface area contributed by atoms with Crippen molar-refractivity contribution >= 4 is 28.2 Å². The van der Waals surface area contributed by atoms with Gasteiger partial charge in [0.2, 0.25) is 11.7 Å². The topological polar surface area (TPSA) is 110 Å². The molecule has 0 aliphatic carbocycles. The van der Waals surface area contributed by atoms with Crippen molar-refractivity contribution in [3.05, 3.63) is 52.9 Å². The number of carbonyl (C=O) groups excluding carboxylic acids is 2. The summed E-state index contributed by atoms with van der Waals surface area (Å²) in [6.07, 6.45) is 1.31. The maximum atomic E-state index is 12.6. The highest BCUT2D eigenvalue weighted by molar-refractivity contribution is 7.17. The smallest absolute Gasteiger partial charge is 0.341 e. The van der Waals surface area contributed by atoms with E-state index in [9.17, 15) is 9.59 Å². The van der Waals surface area contributed by atoms with Gasteiger partial charge in [0, 0.05) is 10.4 Å². The number of hydrogen-bond donors (Lipinski definition) is 1. The zero-order valence-corrected chi connectivity index (χ0v) is 16.1. The second-order valence-electron chi connectivity index (χ2n) is 5.77. The minimum Gasteiger partial charge on any atom is -0.462 e. The zero-order chi connectivity index (χ0) is 20.1. The Hall–Kier alpha value is -3.51. The Morgan fingerprint density at radius 1 is 1.32 bits per heavy atom. The molecule has 0 aliphatic rings. The van der Waals surface area contributed by atoms with E-state index in [-0.39, 0.29) is 19.0 Å². The molecule has 0 saturated heterocycles. The monoisotopic (exact) mass is 395 g/mol. The van der Waals surface area contributed by atoms with E-state index in [1.54, 1.807) is 6.92 Å². The van der Waals surface area contributed by atoms with Crippen molar-refractivity contribution in [2.75, 3.05) is 11.9 Å². The SMILES string of the molecule is CCOC(=O)c1c(NC(=O)Cn2cnnc2C#N)sc(C)c1-c1ccccc1. The summed E-state index contributed by atoms with van der Waals surface area (Å²) in [6, 6.07) is 11.3. The highest BCUT2D eigenvalue weighted by Gasteiger charge is 2.25. The van der Waals surface area contributed by atoms with Crippen LogP contribution in [0.1, 0.15) is 28.0 Å². The molecular formula is C19H17N5O3S. The molecule has 1 amide bonds. The quantitative estimate of drug-likeness (QED) is 0.643. The van der Waals surface area contributed by atoms with Crippen LogP contribution in [0.15, 0.2) is 36.7 Å². The number of carbonyl (C=O) groups is 2. The molecule has 9 heteroatoms. The predicted molar refractivity (Wildman–Crippen MR) is 104 cm³/mol. The Labute approximate surface area is 165 Å². The number of hydrogen-bond acceptors (Lipinski definition) is 7. The van der Waals surface area contributed by atoms with Gasteiger partial charge < -0.3 is 10.1 Å². The Balaban J connectivity index is 1.95. The van der Waals surface area contributed by atoms with Gasteiger partial charge in [0.1, 0.15) is 29.5 Å². The number of amides is 1. The fraction of sp³-hybridized carbons (Fsp3) is 0.211. The Morgan fingerprint density at radius 2 is 2.07 bits per heavy atom. The molecule has 2 heterocycles. The van der Waals surface area contributed by atoms with Crippen molar-refractivity contribution in [3.8, 4) is 17.2 Å². The van der Waals surface area contributed by atoms with Crippen LogP contribution in [0, 0.1) is 18.3 Å². The summed E-state index contributed by atoms with van der Waals surface area (Å²) in [7, 11) is 0. The van der Waals surface area contributed by atoms with Crippen molar-refractivity contribution in [1.82, 2.24) is 14.8 Å². The van der Waals surface area contributed by atoms with Gasteiger partial charge in [-0.3, -0.25) is 9.36 Å². The summed E-state index contributed by atoms with van der Waals surface area (Å²) < 4.78 is 6.55. The van der Waals surface area contributed by atoms with Crippen LogP contribution in [-0.2, 0) is 16.1 Å². The van der Waals surface area contributed by atoms with Crippen LogP contribution in [0.4, 0.5) is 5.00 Å². The Bertz CT molecular complexity index is 1050. The lowest BCUT2D eigenvalue weighted by Crippen LogP contribution is -2.20. The highest BCUT2D eigenvalue weighted by Crippen LogP contribution is 2.40. The summed E-state index contributed by atoms with van der Waals surface area (Å²) in [5.41, 5.74) is 1.93. The van der Waals surface area contributed by atoms with E-state index in [2.05, 4.69) is 15.5 Å². The molecule has 1 aromatic carbocycles. The van der Waals surface area contributed by atoms with Crippen molar-refractivity contribution in [2.24, 2.45) is 0 Å². The number of ether oxygens (including phenoxy) is 1. The van der Waals surface area contributed by atoms with Crippen LogP contribution in [0.3, 0.4) is 0 Å². The summed E-state index contributed by atoms with van der Waals surface area (Å²) in [5.74, 6) is -0.862. The minimum atomic E-state index is -0.497. The molecule has 142 valence electrons. The summed E-state index contributed by atoms with van der Waals surface area (Å²) in [5, 5.41) is 19.4. The van der Waals surface area contributed by atoms with Crippen LogP contribution in [0.2, 0.25) is 0 Å². The van der Waals surface area contributed by atoms with Gasteiger partial charge in [-0.15, -0.1) is 21.5 Å². The average molecular weight is 395 g/mol. The molecule has 3 aromatic rings. The zero-order valence-electron chi connectivity index (χ0n) is 15.3. The van der Waals surface area contributed by atoms with Gasteiger partial charge in [-0.05, 0) is 19.4 Å². The lowest BCUT2D eigenvalue weighted by molar-refractivity contribution is -0.116. The van der Waals surface area contributed by atoms with E-state index in [1.807, 2.05) is 43.3 Å². The molecule has 0 fully saturated rings. The van der Waals surface area contributed by atoms with Crippen LogP contribution >= 0.6 is 11.3 Å². The number of nitrogens with zero attached hydrogens (tertiary/aromatic N) is 4. The molecule has 0 spiro atoms. The molecule has 0 saturated carbocycles. The number of esters is 1. The number of nitriles is 1. The largest absolute Gasteiger partial charge is 0.462 e. The first kappa shape index (κ1) is 19.3. The van der Waals surface area contributed by atoms with E-state index in [0.29, 0.717) is 10.6 Å². The second kappa shape index (κ2) is 8.45. The molecule has 28 heavy (non-hydrogen) atoms. The van der Waals surface area contributed by atoms with Crippen molar-refractivity contribution in [1.29, 1.82) is 5.26 Å². The minimum absolute atomic E-state index is 0.0353. The molecule has 3 rings (SSSR count). The first-order valence-electron chi connectivity index (χ1n) is 8.48. The van der Waals surface area contributed by atoms with Crippen LogP contribution < -0.4 is 5.32 Å². The van der Waals surface area contributed by atoms with E-state index >= 15 is 0 Å². The molecule has 0 radical (unpaired) electrons. The molecule has 0 aliphatic heterocycles. The number of anilines is 1. The molecule has 8 nitrogen and oxygen atoms in total. The first-order valence-corrected chi connectivity index (χ1v) is 9.30. The Kier molecular flexibility index (Phi) is 5.81. The van der Waals surface area contributed by atoms with Gasteiger partial charge in [-0.2, -0.15) is 5.26 Å². The third kappa shape index (κ3) is 3.92. The standard InChI is InChI=1S/C19H17N5O3S/c1-3-27-19(26)17-16(13-7-5-4-6-8-13)12(2)28-18(17)22-15(25)10-24-11-21-23-14(24)9-20/h4-8,11H,3,10H2,1-2H3,(H,22,25). The number of aryl methyl sites for hydroxylation is 1. The Morgan fingerprint density at radius 3 is 2.75 bits per heavy atom. The van der Waals surface area contributed by atoms with Gasteiger partial charge >= 0.3 is 5.97 Å². The van der Waals surface area contributed by atoms with Gasteiger partial charge in [0.15, 0.2) is 0 Å². The number of benzene rings is 1. The predicted octanol–water partition coefficient (Wildman–Crippen LogP) is 3.00. The van der Waals surface area contributed by atoms with E-state index in [1.165, 1.54) is 22.2 Å². The van der Waals surface area contributed by atoms with E-state index < -0.39 is 11.9 Å². The van der Waals surface area contributed by atoms with Gasteiger partial charge in [0.25, 0.3) is 0 Å². The molecule has 2 aromatic heterocycles. The summed E-state index contributed by atoms with van der Waals surface area (Å²) >= 11 is 1.30. The fourth-order valence-corrected chi connectivity index (χ4v) is 3.84.